The van der Waals surface area contributed by atoms with Gasteiger partial charge in [-0.15, -0.1) is 0 Å². The van der Waals surface area contributed by atoms with Gasteiger partial charge in [0, 0.05) is 11.6 Å². The van der Waals surface area contributed by atoms with Gasteiger partial charge in [-0.1, -0.05) is 54.6 Å². The molecule has 0 bridgehead atoms. The number of nitrogens with one attached hydrogen (secondary N) is 2. The van der Waals surface area contributed by atoms with Crippen LogP contribution in [0.4, 0.5) is 10.3 Å². The highest BCUT2D eigenvalue weighted by molar-refractivity contribution is 5.80. The smallest absolute Gasteiger partial charge is 0.270 e. The normalized spacial score (nSPS) is 10.7. The second kappa shape index (κ2) is 10.0. The van der Waals surface area contributed by atoms with Crippen molar-refractivity contribution in [2.75, 3.05) is 5.43 Å². The highest BCUT2D eigenvalue weighted by Gasteiger charge is 2.12. The Balaban J connectivity index is 1.47. The molecule has 0 amide bonds. The molecule has 0 saturated carbocycles. The van der Waals surface area contributed by atoms with E-state index in [4.69, 9.17) is 4.74 Å². The van der Waals surface area contributed by atoms with E-state index in [0.29, 0.717) is 11.3 Å². The van der Waals surface area contributed by atoms with Crippen LogP contribution in [0.1, 0.15) is 16.7 Å². The molecule has 0 spiro atoms. The number of aromatic nitrogens is 2. The Kier molecular flexibility index (Phi) is 6.52. The number of benzene rings is 3. The van der Waals surface area contributed by atoms with E-state index in [1.807, 2.05) is 36.4 Å². The van der Waals surface area contributed by atoms with Gasteiger partial charge in [0.15, 0.2) is 0 Å². The first kappa shape index (κ1) is 21.5. The van der Waals surface area contributed by atoms with Gasteiger partial charge in [-0.05, 0) is 29.3 Å². The van der Waals surface area contributed by atoms with Crippen LogP contribution < -0.4 is 15.7 Å². The van der Waals surface area contributed by atoms with E-state index in [1.165, 1.54) is 12.1 Å². The molecule has 7 nitrogen and oxygen atoms in total. The molecule has 3 aromatic carbocycles. The van der Waals surface area contributed by atoms with E-state index in [0.717, 1.165) is 11.1 Å². The highest BCUT2D eigenvalue weighted by Crippen LogP contribution is 2.19. The molecule has 4 aromatic rings. The molecule has 0 saturated heterocycles. The summed E-state index contributed by atoms with van der Waals surface area (Å²) in [6.07, 6.45) is 1.56. The van der Waals surface area contributed by atoms with Crippen molar-refractivity contribution >= 4 is 12.2 Å². The number of hydrogen-bond acceptors (Lipinski definition) is 6. The van der Waals surface area contributed by atoms with Gasteiger partial charge in [-0.3, -0.25) is 9.78 Å². The topological polar surface area (TPSA) is 103 Å². The number of anilines is 1. The lowest BCUT2D eigenvalue weighted by Gasteiger charge is -2.07. The lowest BCUT2D eigenvalue weighted by atomic mass is 10.1. The predicted octanol–water partition coefficient (Wildman–Crippen LogP) is 4.47. The second-order valence-corrected chi connectivity index (χ2v) is 6.98. The molecular formula is C25H18FN5O2. The molecule has 0 radical (unpaired) electrons. The Labute approximate surface area is 188 Å². The van der Waals surface area contributed by atoms with Gasteiger partial charge in [0.2, 0.25) is 5.95 Å². The molecule has 0 aliphatic heterocycles. The Morgan fingerprint density at radius 3 is 2.70 bits per heavy atom. The third-order valence-corrected chi connectivity index (χ3v) is 4.62. The molecule has 1 heterocycles. The van der Waals surface area contributed by atoms with Gasteiger partial charge in [-0.2, -0.15) is 10.4 Å². The van der Waals surface area contributed by atoms with Crippen molar-refractivity contribution in [3.05, 3.63) is 112 Å². The number of H-pyrrole nitrogens is 1. The van der Waals surface area contributed by atoms with Crippen molar-refractivity contribution in [2.45, 2.75) is 6.61 Å². The van der Waals surface area contributed by atoms with Crippen LogP contribution in [-0.4, -0.2) is 16.2 Å². The van der Waals surface area contributed by atoms with Crippen LogP contribution in [0.15, 0.2) is 88.8 Å². The standard InChI is InChI=1S/C25H18FN5O2/c26-20-10-5-11-21(13-20)33-16-18-7-4-6-17(12-18)15-28-31-25-29-23(19-8-2-1-3-9-19)22(14-27)24(32)30-25/h1-13,15H,16H2,(H2,29,30,31,32). The molecule has 33 heavy (non-hydrogen) atoms. The number of hydrazone groups is 1. The average molecular weight is 439 g/mol. The fourth-order valence-corrected chi connectivity index (χ4v) is 3.09. The van der Waals surface area contributed by atoms with Crippen LogP contribution in [0.3, 0.4) is 0 Å². The summed E-state index contributed by atoms with van der Waals surface area (Å²) in [7, 11) is 0. The van der Waals surface area contributed by atoms with E-state index in [2.05, 4.69) is 20.5 Å². The number of ether oxygens (including phenoxy) is 1. The van der Waals surface area contributed by atoms with Crippen molar-refractivity contribution in [1.82, 2.24) is 9.97 Å². The molecule has 0 unspecified atom stereocenters. The van der Waals surface area contributed by atoms with Gasteiger partial charge < -0.3 is 4.74 Å². The molecule has 1 aromatic heterocycles. The molecule has 2 N–H and O–H groups in total. The molecule has 8 heteroatoms. The van der Waals surface area contributed by atoms with E-state index in [9.17, 15) is 14.4 Å². The number of nitrogens with zero attached hydrogens (tertiary/aromatic N) is 3. The lowest BCUT2D eigenvalue weighted by Crippen LogP contribution is -2.16. The SMILES string of the molecule is N#Cc1c(-c2ccccc2)nc(NN=Cc2cccc(COc3cccc(F)c3)c2)[nH]c1=O. The van der Waals surface area contributed by atoms with Crippen LogP contribution in [0.2, 0.25) is 0 Å². The first-order chi connectivity index (χ1) is 16.1. The molecular weight excluding hydrogens is 421 g/mol. The van der Waals surface area contributed by atoms with Crippen molar-refractivity contribution in [3.63, 3.8) is 0 Å². The minimum atomic E-state index is -0.555. The summed E-state index contributed by atoms with van der Waals surface area (Å²) >= 11 is 0. The summed E-state index contributed by atoms with van der Waals surface area (Å²) in [4.78, 5) is 19.2. The number of nitriles is 1. The van der Waals surface area contributed by atoms with Crippen molar-refractivity contribution < 1.29 is 9.13 Å². The van der Waals surface area contributed by atoms with Crippen LogP contribution in [0.25, 0.3) is 11.3 Å². The first-order valence-electron chi connectivity index (χ1n) is 9.98. The van der Waals surface area contributed by atoms with E-state index < -0.39 is 5.56 Å². The maximum atomic E-state index is 13.3. The number of rotatable bonds is 7. The molecule has 0 aliphatic carbocycles. The quantitative estimate of drug-likeness (QED) is 0.327. The maximum absolute atomic E-state index is 13.3. The van der Waals surface area contributed by atoms with Crippen LogP contribution in [0.5, 0.6) is 5.75 Å². The third kappa shape index (κ3) is 5.48. The summed E-state index contributed by atoms with van der Waals surface area (Å²) < 4.78 is 18.9. The van der Waals surface area contributed by atoms with E-state index in [-0.39, 0.29) is 29.6 Å². The fraction of sp³-hybridized carbons (Fsp3) is 0.0400. The lowest BCUT2D eigenvalue weighted by molar-refractivity contribution is 0.304. The van der Waals surface area contributed by atoms with E-state index >= 15 is 0 Å². The maximum Gasteiger partial charge on any atom is 0.270 e. The molecule has 0 atom stereocenters. The van der Waals surface area contributed by atoms with Gasteiger partial charge in [0.25, 0.3) is 5.56 Å². The van der Waals surface area contributed by atoms with Gasteiger partial charge in [0.1, 0.15) is 29.8 Å². The first-order valence-corrected chi connectivity index (χ1v) is 9.98. The van der Waals surface area contributed by atoms with Gasteiger partial charge >= 0.3 is 0 Å². The summed E-state index contributed by atoms with van der Waals surface area (Å²) in [5.41, 5.74) is 4.66. The minimum absolute atomic E-state index is 0.0678. The van der Waals surface area contributed by atoms with Crippen molar-refractivity contribution in [1.29, 1.82) is 5.26 Å². The van der Waals surface area contributed by atoms with E-state index in [1.54, 1.807) is 42.6 Å². The monoisotopic (exact) mass is 439 g/mol. The summed E-state index contributed by atoms with van der Waals surface area (Å²) in [6, 6.07) is 24.3. The Hall–Kier alpha value is -4.77. The highest BCUT2D eigenvalue weighted by atomic mass is 19.1. The third-order valence-electron chi connectivity index (χ3n) is 4.62. The zero-order valence-corrected chi connectivity index (χ0v) is 17.3. The second-order valence-electron chi connectivity index (χ2n) is 6.98. The molecule has 0 fully saturated rings. The van der Waals surface area contributed by atoms with Crippen LogP contribution >= 0.6 is 0 Å². The zero-order chi connectivity index (χ0) is 23.0. The number of hydrogen-bond donors (Lipinski definition) is 2. The Morgan fingerprint density at radius 1 is 1.09 bits per heavy atom. The number of aromatic amines is 1. The predicted molar refractivity (Wildman–Crippen MR) is 123 cm³/mol. The van der Waals surface area contributed by atoms with Gasteiger partial charge in [0.05, 0.1) is 11.9 Å². The average Bonchev–Trinajstić information content (AvgIpc) is 2.83. The molecule has 4 rings (SSSR count). The molecule has 162 valence electrons. The van der Waals surface area contributed by atoms with Crippen LogP contribution in [0, 0.1) is 17.1 Å². The minimum Gasteiger partial charge on any atom is -0.489 e. The summed E-state index contributed by atoms with van der Waals surface area (Å²) in [5, 5.41) is 13.5. The summed E-state index contributed by atoms with van der Waals surface area (Å²) in [6.45, 7) is 0.267. The Bertz CT molecular complexity index is 1390. The fourth-order valence-electron chi connectivity index (χ4n) is 3.09. The van der Waals surface area contributed by atoms with Gasteiger partial charge in [-0.25, -0.2) is 14.8 Å². The molecule has 0 aliphatic rings. The van der Waals surface area contributed by atoms with Crippen molar-refractivity contribution in [2.24, 2.45) is 5.10 Å². The zero-order valence-electron chi connectivity index (χ0n) is 17.3. The van der Waals surface area contributed by atoms with Crippen LogP contribution in [-0.2, 0) is 6.61 Å². The largest absolute Gasteiger partial charge is 0.489 e. The summed E-state index contributed by atoms with van der Waals surface area (Å²) in [5.74, 6) is 0.199. The number of halogens is 1. The van der Waals surface area contributed by atoms with Crippen molar-refractivity contribution in [3.8, 4) is 23.1 Å². The Morgan fingerprint density at radius 2 is 1.91 bits per heavy atom.